The van der Waals surface area contributed by atoms with E-state index in [1.165, 1.54) is 98.7 Å². The molecule has 0 aliphatic carbocycles. The van der Waals surface area contributed by atoms with Crippen molar-refractivity contribution in [3.63, 3.8) is 0 Å². The van der Waals surface area contributed by atoms with Gasteiger partial charge in [0.25, 0.3) is 0 Å². The van der Waals surface area contributed by atoms with Crippen molar-refractivity contribution in [1.29, 1.82) is 0 Å². The Bertz CT molecular complexity index is 3690. The largest absolute Gasteiger partial charge is 0.310 e. The Morgan fingerprint density at radius 1 is 0.200 bits per heavy atom. The molecule has 0 N–H and O–H groups in total. The van der Waals surface area contributed by atoms with Gasteiger partial charge in [-0.15, -0.1) is 0 Å². The van der Waals surface area contributed by atoms with Gasteiger partial charge < -0.3 is 4.90 Å². The summed E-state index contributed by atoms with van der Waals surface area (Å²) in [5, 5.41) is 10.0. The first-order valence-corrected chi connectivity index (χ1v) is 22.4. The van der Waals surface area contributed by atoms with Crippen molar-refractivity contribution < 1.29 is 0 Å². The second-order valence-electron chi connectivity index (χ2n) is 16.9. The van der Waals surface area contributed by atoms with Crippen LogP contribution < -0.4 is 4.90 Å². The first-order valence-electron chi connectivity index (χ1n) is 22.4. The predicted octanol–water partition coefficient (Wildman–Crippen LogP) is 18.1. The summed E-state index contributed by atoms with van der Waals surface area (Å²) in [6.07, 6.45) is 0. The molecular weight excluding hydrogens is 783 g/mol. The zero-order valence-corrected chi connectivity index (χ0v) is 35.8. The van der Waals surface area contributed by atoms with E-state index < -0.39 is 0 Å². The topological polar surface area (TPSA) is 3.24 Å². The van der Waals surface area contributed by atoms with Crippen molar-refractivity contribution in [2.24, 2.45) is 0 Å². The van der Waals surface area contributed by atoms with Crippen LogP contribution in [0.15, 0.2) is 261 Å². The minimum Gasteiger partial charge on any atom is -0.310 e. The number of rotatable bonds is 8. The zero-order valence-electron chi connectivity index (χ0n) is 35.8. The standard InChI is InChI=1S/C64H43N/c1-2-17-47(18-3-1)63-61-28-10-8-26-59(61)60-27-9-11-29-62(60)64(63)48-35-39-55(40-36-48)65(56-24-13-23-53(43-56)58-30-14-20-46-16-6-7-25-57(46)58)54-37-33-45(34-38-54)50-21-12-22-51(41-50)52-32-31-44-15-4-5-19-49(44)42-52/h1-43H. The maximum Gasteiger partial charge on any atom is 0.0467 e. The molecule has 0 aliphatic heterocycles. The Hall–Kier alpha value is -8.52. The smallest absolute Gasteiger partial charge is 0.0467 e. The summed E-state index contributed by atoms with van der Waals surface area (Å²) >= 11 is 0. The highest BCUT2D eigenvalue weighted by Crippen LogP contribution is 2.46. The van der Waals surface area contributed by atoms with Gasteiger partial charge in [0.2, 0.25) is 0 Å². The average Bonchev–Trinajstić information content (AvgIpc) is 3.39. The van der Waals surface area contributed by atoms with E-state index >= 15 is 0 Å². The van der Waals surface area contributed by atoms with Gasteiger partial charge in [0, 0.05) is 17.1 Å². The number of nitrogens with zero attached hydrogens (tertiary/aromatic N) is 1. The molecule has 304 valence electrons. The van der Waals surface area contributed by atoms with Gasteiger partial charge in [0.1, 0.15) is 0 Å². The summed E-state index contributed by atoms with van der Waals surface area (Å²) in [7, 11) is 0. The predicted molar refractivity (Wildman–Crippen MR) is 278 cm³/mol. The highest BCUT2D eigenvalue weighted by Gasteiger charge is 2.19. The van der Waals surface area contributed by atoms with Gasteiger partial charge in [-0.1, -0.05) is 212 Å². The van der Waals surface area contributed by atoms with Gasteiger partial charge >= 0.3 is 0 Å². The summed E-state index contributed by atoms with van der Waals surface area (Å²) in [6.45, 7) is 0. The van der Waals surface area contributed by atoms with Crippen molar-refractivity contribution in [2.45, 2.75) is 0 Å². The van der Waals surface area contributed by atoms with Gasteiger partial charge in [-0.3, -0.25) is 0 Å². The summed E-state index contributed by atoms with van der Waals surface area (Å²) in [5.74, 6) is 0. The zero-order chi connectivity index (χ0) is 43.1. The molecule has 1 nitrogen and oxygen atoms in total. The van der Waals surface area contributed by atoms with Crippen LogP contribution in [0.5, 0.6) is 0 Å². The molecule has 0 spiro atoms. The molecule has 0 aliphatic rings. The first-order chi connectivity index (χ1) is 32.2. The molecule has 0 bridgehead atoms. The van der Waals surface area contributed by atoms with Crippen LogP contribution in [0.2, 0.25) is 0 Å². The Kier molecular flexibility index (Phi) is 9.58. The number of benzene rings is 12. The third-order valence-electron chi connectivity index (χ3n) is 13.0. The molecule has 12 rings (SSSR count). The molecule has 0 radical (unpaired) electrons. The highest BCUT2D eigenvalue weighted by molar-refractivity contribution is 6.21. The van der Waals surface area contributed by atoms with Crippen LogP contribution >= 0.6 is 0 Å². The summed E-state index contributed by atoms with van der Waals surface area (Å²) < 4.78 is 0. The molecule has 0 saturated heterocycles. The van der Waals surface area contributed by atoms with Crippen LogP contribution in [-0.2, 0) is 0 Å². The van der Waals surface area contributed by atoms with Crippen molar-refractivity contribution in [3.8, 4) is 55.6 Å². The van der Waals surface area contributed by atoms with E-state index in [-0.39, 0.29) is 0 Å². The van der Waals surface area contributed by atoms with E-state index in [9.17, 15) is 0 Å². The Labute approximate surface area is 379 Å². The summed E-state index contributed by atoms with van der Waals surface area (Å²) in [5.41, 5.74) is 15.3. The molecule has 1 heteroatoms. The third kappa shape index (κ3) is 7.01. The monoisotopic (exact) mass is 825 g/mol. The lowest BCUT2D eigenvalue weighted by molar-refractivity contribution is 1.28. The maximum absolute atomic E-state index is 2.39. The molecule has 0 atom stereocenters. The number of hydrogen-bond acceptors (Lipinski definition) is 1. The van der Waals surface area contributed by atoms with Crippen molar-refractivity contribution in [2.75, 3.05) is 4.90 Å². The van der Waals surface area contributed by atoms with Crippen molar-refractivity contribution >= 4 is 60.2 Å². The van der Waals surface area contributed by atoms with E-state index in [2.05, 4.69) is 266 Å². The number of hydrogen-bond donors (Lipinski definition) is 0. The lowest BCUT2D eigenvalue weighted by atomic mass is 9.85. The molecule has 0 amide bonds. The minimum absolute atomic E-state index is 1.08. The fourth-order valence-corrected chi connectivity index (χ4v) is 9.91. The fourth-order valence-electron chi connectivity index (χ4n) is 9.91. The number of fused-ring (bicyclic) bond motifs is 5. The van der Waals surface area contributed by atoms with E-state index in [1.54, 1.807) is 0 Å². The average molecular weight is 826 g/mol. The molecule has 65 heavy (non-hydrogen) atoms. The summed E-state index contributed by atoms with van der Waals surface area (Å²) in [6, 6.07) is 95.2. The normalized spacial score (nSPS) is 11.4. The van der Waals surface area contributed by atoms with E-state index in [1.807, 2.05) is 0 Å². The van der Waals surface area contributed by atoms with Crippen molar-refractivity contribution in [1.82, 2.24) is 0 Å². The van der Waals surface area contributed by atoms with Gasteiger partial charge in [0.05, 0.1) is 0 Å². The van der Waals surface area contributed by atoms with Crippen LogP contribution in [0.4, 0.5) is 17.1 Å². The van der Waals surface area contributed by atoms with Crippen LogP contribution in [0.25, 0.3) is 98.7 Å². The van der Waals surface area contributed by atoms with Crippen LogP contribution in [-0.4, -0.2) is 0 Å². The van der Waals surface area contributed by atoms with E-state index in [4.69, 9.17) is 0 Å². The summed E-state index contributed by atoms with van der Waals surface area (Å²) in [4.78, 5) is 2.39. The molecule has 0 aromatic heterocycles. The first kappa shape index (κ1) is 38.2. The Morgan fingerprint density at radius 2 is 0.646 bits per heavy atom. The van der Waals surface area contributed by atoms with E-state index in [0.717, 1.165) is 17.1 Å². The second-order valence-corrected chi connectivity index (χ2v) is 16.9. The Balaban J connectivity index is 0.983. The van der Waals surface area contributed by atoms with Gasteiger partial charge in [-0.2, -0.15) is 0 Å². The maximum atomic E-state index is 2.39. The van der Waals surface area contributed by atoms with Crippen molar-refractivity contribution in [3.05, 3.63) is 261 Å². The number of anilines is 3. The molecule has 0 saturated carbocycles. The minimum atomic E-state index is 1.08. The van der Waals surface area contributed by atoms with E-state index in [0.29, 0.717) is 0 Å². The SMILES string of the molecule is c1ccc(-c2c(-c3ccc(N(c4ccc(-c5cccc(-c6ccc7ccccc7c6)c5)cc4)c4cccc(-c5cccc6ccccc56)c4)cc3)c3ccccc3c3ccccc23)cc1. The lowest BCUT2D eigenvalue weighted by Gasteiger charge is -2.27. The molecule has 0 unspecified atom stereocenters. The second kappa shape index (κ2) is 16.3. The molecule has 12 aromatic rings. The molecule has 0 heterocycles. The quantitative estimate of drug-likeness (QED) is 0.138. The van der Waals surface area contributed by atoms with Crippen LogP contribution in [0.3, 0.4) is 0 Å². The van der Waals surface area contributed by atoms with Crippen LogP contribution in [0, 0.1) is 0 Å². The molecule has 0 fully saturated rings. The highest BCUT2D eigenvalue weighted by atomic mass is 15.1. The lowest BCUT2D eigenvalue weighted by Crippen LogP contribution is -2.10. The van der Waals surface area contributed by atoms with Gasteiger partial charge in [-0.25, -0.2) is 0 Å². The fraction of sp³-hybridized carbons (Fsp3) is 0. The van der Waals surface area contributed by atoms with Gasteiger partial charge in [0.15, 0.2) is 0 Å². The third-order valence-corrected chi connectivity index (χ3v) is 13.0. The molecular formula is C64H43N. The molecule has 12 aromatic carbocycles. The van der Waals surface area contributed by atoms with Crippen LogP contribution in [0.1, 0.15) is 0 Å². The Morgan fingerprint density at radius 3 is 1.34 bits per heavy atom. The van der Waals surface area contributed by atoms with Gasteiger partial charge in [-0.05, 0) is 147 Å².